The van der Waals surface area contributed by atoms with Gasteiger partial charge in [-0.1, -0.05) is 11.8 Å². The van der Waals surface area contributed by atoms with E-state index in [9.17, 15) is 0 Å². The first-order valence-electron chi connectivity index (χ1n) is 5.32. The lowest BCUT2D eigenvalue weighted by Crippen LogP contribution is -1.95. The fourth-order valence-corrected chi connectivity index (χ4v) is 2.38. The second kappa shape index (κ2) is 5.59. The molecular formula is C12H14N4OS. The Bertz CT molecular complexity index is 603. The molecule has 0 unspecified atom stereocenters. The van der Waals surface area contributed by atoms with E-state index in [1.165, 1.54) is 18.0 Å². The second-order valence-electron chi connectivity index (χ2n) is 3.42. The van der Waals surface area contributed by atoms with Crippen molar-refractivity contribution in [3.63, 3.8) is 0 Å². The van der Waals surface area contributed by atoms with E-state index in [0.29, 0.717) is 0 Å². The maximum absolute atomic E-state index is 5.38. The number of hydrogen-bond donors (Lipinski definition) is 1. The number of pyridine rings is 1. The smallest absolute Gasteiger partial charge is 0.140 e. The van der Waals surface area contributed by atoms with Crippen molar-refractivity contribution in [1.82, 2.24) is 9.38 Å². The normalized spacial score (nSPS) is 12.4. The molecule has 2 N–H and O–H groups in total. The first-order valence-corrected chi connectivity index (χ1v) is 6.13. The molecule has 94 valence electrons. The molecule has 0 atom stereocenters. The topological polar surface area (TPSA) is 64.9 Å². The van der Waals surface area contributed by atoms with E-state index in [1.54, 1.807) is 26.4 Å². The lowest BCUT2D eigenvalue weighted by atomic mass is 10.4. The lowest BCUT2D eigenvalue weighted by Gasteiger charge is -2.08. The van der Waals surface area contributed by atoms with Gasteiger partial charge in [0.1, 0.15) is 11.4 Å². The summed E-state index contributed by atoms with van der Waals surface area (Å²) in [6, 6.07) is 1.89. The van der Waals surface area contributed by atoms with E-state index in [4.69, 9.17) is 10.5 Å². The fraction of sp³-hybridized carbons (Fsp3) is 0.167. The molecule has 0 aliphatic heterocycles. The third-order valence-electron chi connectivity index (χ3n) is 2.35. The molecule has 2 aromatic heterocycles. The highest BCUT2D eigenvalue weighted by molar-refractivity contribution is 8.14. The van der Waals surface area contributed by atoms with Crippen molar-refractivity contribution in [3.8, 4) is 5.75 Å². The summed E-state index contributed by atoms with van der Waals surface area (Å²) in [6.45, 7) is 0. The van der Waals surface area contributed by atoms with E-state index < -0.39 is 0 Å². The van der Waals surface area contributed by atoms with Crippen molar-refractivity contribution in [2.45, 2.75) is 4.90 Å². The number of imidazole rings is 1. The Hall–Kier alpha value is -1.95. The van der Waals surface area contributed by atoms with Gasteiger partial charge in [0.15, 0.2) is 0 Å². The molecule has 0 bridgehead atoms. The number of thioether (sulfide) groups is 1. The largest absolute Gasteiger partial charge is 0.495 e. The number of hydrogen-bond acceptors (Lipinski definition) is 5. The minimum absolute atomic E-state index is 0.769. The first kappa shape index (κ1) is 12.5. The average Bonchev–Trinajstić information content (AvgIpc) is 2.84. The number of nitrogens with two attached hydrogens (primary N) is 1. The van der Waals surface area contributed by atoms with Crippen molar-refractivity contribution in [3.05, 3.63) is 36.9 Å². The summed E-state index contributed by atoms with van der Waals surface area (Å²) < 4.78 is 7.30. The number of rotatable bonds is 3. The molecule has 0 aromatic carbocycles. The van der Waals surface area contributed by atoms with Crippen LogP contribution in [0.4, 0.5) is 0 Å². The Morgan fingerprint density at radius 1 is 1.61 bits per heavy atom. The van der Waals surface area contributed by atoms with Gasteiger partial charge in [-0.2, -0.15) is 0 Å². The van der Waals surface area contributed by atoms with Crippen molar-refractivity contribution in [2.75, 3.05) is 14.2 Å². The van der Waals surface area contributed by atoms with Gasteiger partial charge in [0.05, 0.1) is 17.0 Å². The zero-order chi connectivity index (χ0) is 13.0. The highest BCUT2D eigenvalue weighted by Gasteiger charge is 2.09. The van der Waals surface area contributed by atoms with Crippen molar-refractivity contribution >= 4 is 22.5 Å². The molecule has 2 aromatic rings. The van der Waals surface area contributed by atoms with Crippen LogP contribution in [0.3, 0.4) is 0 Å². The molecule has 0 fully saturated rings. The van der Waals surface area contributed by atoms with E-state index in [-0.39, 0.29) is 0 Å². The van der Waals surface area contributed by atoms with Gasteiger partial charge >= 0.3 is 0 Å². The molecule has 2 rings (SSSR count). The van der Waals surface area contributed by atoms with Crippen LogP contribution in [-0.4, -0.2) is 28.6 Å². The Morgan fingerprint density at radius 2 is 2.44 bits per heavy atom. The SMILES string of the molecule is CN=C(/C=C\N)Sc1cn2ccnc2cc1OC. The van der Waals surface area contributed by atoms with Crippen molar-refractivity contribution in [2.24, 2.45) is 10.7 Å². The van der Waals surface area contributed by atoms with Gasteiger partial charge < -0.3 is 14.9 Å². The van der Waals surface area contributed by atoms with Crippen LogP contribution in [0, 0.1) is 0 Å². The fourth-order valence-electron chi connectivity index (χ4n) is 1.51. The van der Waals surface area contributed by atoms with E-state index in [2.05, 4.69) is 9.98 Å². The Labute approximate surface area is 109 Å². The van der Waals surface area contributed by atoms with E-state index in [0.717, 1.165) is 21.3 Å². The first-order chi connectivity index (χ1) is 8.78. The monoisotopic (exact) mass is 262 g/mol. The number of ether oxygens (including phenoxy) is 1. The van der Waals surface area contributed by atoms with Gasteiger partial charge in [0.25, 0.3) is 0 Å². The molecule has 0 aliphatic rings. The summed E-state index contributed by atoms with van der Waals surface area (Å²) in [5.74, 6) is 0.769. The Kier molecular flexibility index (Phi) is 3.88. The van der Waals surface area contributed by atoms with Crippen molar-refractivity contribution in [1.29, 1.82) is 0 Å². The average molecular weight is 262 g/mol. The Morgan fingerprint density at radius 3 is 3.11 bits per heavy atom. The molecule has 0 radical (unpaired) electrons. The van der Waals surface area contributed by atoms with Crippen LogP contribution in [0.2, 0.25) is 0 Å². The quantitative estimate of drug-likeness (QED) is 0.521. The third-order valence-corrected chi connectivity index (χ3v) is 3.41. The van der Waals surface area contributed by atoms with Crippen molar-refractivity contribution < 1.29 is 4.74 Å². The molecule has 2 heterocycles. The summed E-state index contributed by atoms with van der Waals surface area (Å²) in [5, 5.41) is 0.815. The van der Waals surface area contributed by atoms with Gasteiger partial charge in [-0.05, 0) is 12.3 Å². The maximum atomic E-state index is 5.38. The van der Waals surface area contributed by atoms with Gasteiger partial charge in [0.2, 0.25) is 0 Å². The second-order valence-corrected chi connectivity index (χ2v) is 4.48. The zero-order valence-electron chi connectivity index (χ0n) is 10.2. The number of nitrogens with zero attached hydrogens (tertiary/aromatic N) is 3. The molecule has 0 spiro atoms. The highest BCUT2D eigenvalue weighted by atomic mass is 32.2. The van der Waals surface area contributed by atoms with Gasteiger partial charge in [0, 0.05) is 31.7 Å². The van der Waals surface area contributed by atoms with Crippen LogP contribution < -0.4 is 10.5 Å². The standard InChI is InChI=1S/C12H14N4OS/c1-14-12(3-4-13)18-10-8-16-6-5-15-11(16)7-9(10)17-2/h3-8H,13H2,1-2H3/b4-3-,14-12?. The number of fused-ring (bicyclic) bond motifs is 1. The lowest BCUT2D eigenvalue weighted by molar-refractivity contribution is 0.404. The molecule has 0 aliphatic carbocycles. The maximum Gasteiger partial charge on any atom is 0.140 e. The van der Waals surface area contributed by atoms with Gasteiger partial charge in [-0.15, -0.1) is 0 Å². The number of methoxy groups -OCH3 is 1. The molecule has 6 heteroatoms. The van der Waals surface area contributed by atoms with Crippen LogP contribution >= 0.6 is 11.8 Å². The highest BCUT2D eigenvalue weighted by Crippen LogP contribution is 2.31. The summed E-state index contributed by atoms with van der Waals surface area (Å²) >= 11 is 1.49. The van der Waals surface area contributed by atoms with Crippen LogP contribution in [0.1, 0.15) is 0 Å². The van der Waals surface area contributed by atoms with Crippen LogP contribution in [0.5, 0.6) is 5.75 Å². The predicted molar refractivity (Wildman–Crippen MR) is 74.3 cm³/mol. The molecular weight excluding hydrogens is 248 g/mol. The summed E-state index contributed by atoms with van der Waals surface area (Å²) in [5.41, 5.74) is 6.23. The minimum atomic E-state index is 0.769. The Balaban J connectivity index is 2.41. The molecule has 0 saturated heterocycles. The minimum Gasteiger partial charge on any atom is -0.495 e. The molecule has 0 saturated carbocycles. The molecule has 18 heavy (non-hydrogen) atoms. The van der Waals surface area contributed by atoms with Crippen LogP contribution in [0.25, 0.3) is 5.65 Å². The van der Waals surface area contributed by atoms with Crippen LogP contribution in [0.15, 0.2) is 46.8 Å². The predicted octanol–water partition coefficient (Wildman–Crippen LogP) is 1.94. The number of aliphatic imine (C=N–C) groups is 1. The zero-order valence-corrected chi connectivity index (χ0v) is 11.0. The summed E-state index contributed by atoms with van der Waals surface area (Å²) in [4.78, 5) is 9.32. The number of aromatic nitrogens is 2. The van der Waals surface area contributed by atoms with E-state index in [1.807, 2.05) is 22.9 Å². The third kappa shape index (κ3) is 2.48. The molecule has 0 amide bonds. The summed E-state index contributed by atoms with van der Waals surface area (Å²) in [7, 11) is 3.37. The van der Waals surface area contributed by atoms with Gasteiger partial charge in [-0.25, -0.2) is 4.98 Å². The summed E-state index contributed by atoms with van der Waals surface area (Å²) in [6.07, 6.45) is 8.82. The van der Waals surface area contributed by atoms with Crippen LogP contribution in [-0.2, 0) is 0 Å². The van der Waals surface area contributed by atoms with Gasteiger partial charge in [-0.3, -0.25) is 4.99 Å². The van der Waals surface area contributed by atoms with E-state index >= 15 is 0 Å². The molecule has 5 nitrogen and oxygen atoms in total.